The van der Waals surface area contributed by atoms with E-state index in [9.17, 15) is 0 Å². The second-order valence-electron chi connectivity index (χ2n) is 14.0. The van der Waals surface area contributed by atoms with Gasteiger partial charge in [0.1, 0.15) is 27.2 Å². The van der Waals surface area contributed by atoms with Gasteiger partial charge in [-0.3, -0.25) is 0 Å². The first kappa shape index (κ1) is 31.3. The van der Waals surface area contributed by atoms with Crippen molar-refractivity contribution in [3.05, 3.63) is 58.8 Å². The molecule has 0 fully saturated rings. The highest BCUT2D eigenvalue weighted by Gasteiger charge is 2.42. The molecule has 1 heterocycles. The lowest BCUT2D eigenvalue weighted by atomic mass is 10.1. The van der Waals surface area contributed by atoms with Crippen molar-refractivity contribution in [3.8, 4) is 34.2 Å². The Morgan fingerprint density at radius 1 is 0.561 bits per heavy atom. The molecule has 216 valence electrons. The molecular formula is C37H50N2Si2. The van der Waals surface area contributed by atoms with Gasteiger partial charge >= 0.3 is 0 Å². The van der Waals surface area contributed by atoms with Crippen molar-refractivity contribution in [1.82, 2.24) is 9.97 Å². The topological polar surface area (TPSA) is 25.8 Å². The van der Waals surface area contributed by atoms with Gasteiger partial charge in [-0.15, -0.1) is 11.1 Å². The van der Waals surface area contributed by atoms with E-state index in [0.717, 1.165) is 40.0 Å². The molecule has 0 unspecified atom stereocenters. The fraction of sp³-hybridized carbons (Fsp3) is 0.514. The van der Waals surface area contributed by atoms with Crippen LogP contribution in [0.2, 0.25) is 33.2 Å². The molecule has 4 heteroatoms. The van der Waals surface area contributed by atoms with E-state index in [1.165, 1.54) is 11.1 Å². The number of hydrogen-bond donors (Lipinski definition) is 0. The smallest absolute Gasteiger partial charge is 0.146 e. The van der Waals surface area contributed by atoms with Crippen LogP contribution in [0.4, 0.5) is 0 Å². The van der Waals surface area contributed by atoms with Crippen LogP contribution in [0.15, 0.2) is 36.4 Å². The molecule has 0 saturated carbocycles. The van der Waals surface area contributed by atoms with Crippen LogP contribution in [0, 0.1) is 22.9 Å². The fourth-order valence-corrected chi connectivity index (χ4v) is 18.4. The van der Waals surface area contributed by atoms with Crippen molar-refractivity contribution in [2.75, 3.05) is 0 Å². The average molecular weight is 579 g/mol. The van der Waals surface area contributed by atoms with Crippen molar-refractivity contribution in [1.29, 1.82) is 0 Å². The number of fused-ring (bicyclic) bond motifs is 4. The minimum atomic E-state index is -1.90. The second-order valence-corrected chi connectivity index (χ2v) is 25.2. The standard InChI is InChI=1S/C37H50N2Si2/c1-24(2)40(25(3)4,26(5)6)21-19-30-17-18-31(20-22-41(27(7)8,28(9)10)29(11)12)36-35(30)38-34-23-32-15-13-14-16-33(32)37(34)39-36/h13-18,24-29H,23H2,1-12H3. The number of hydrogen-bond acceptors (Lipinski definition) is 2. The molecular weight excluding hydrogens is 529 g/mol. The summed E-state index contributed by atoms with van der Waals surface area (Å²) in [5.74, 6) is 7.42. The lowest BCUT2D eigenvalue weighted by Crippen LogP contribution is -2.43. The van der Waals surface area contributed by atoms with Gasteiger partial charge in [-0.1, -0.05) is 119 Å². The molecule has 0 aliphatic heterocycles. The molecule has 2 nitrogen and oxygen atoms in total. The maximum atomic E-state index is 5.34. The maximum absolute atomic E-state index is 5.34. The molecule has 3 aromatic rings. The van der Waals surface area contributed by atoms with E-state index < -0.39 is 16.1 Å². The molecule has 4 rings (SSSR count). The molecule has 2 aromatic carbocycles. The predicted octanol–water partition coefficient (Wildman–Crippen LogP) is 10.3. The Kier molecular flexibility index (Phi) is 9.08. The van der Waals surface area contributed by atoms with E-state index in [4.69, 9.17) is 9.97 Å². The van der Waals surface area contributed by atoms with Crippen molar-refractivity contribution in [2.45, 2.75) is 123 Å². The molecule has 0 bridgehead atoms. The van der Waals surface area contributed by atoms with Gasteiger partial charge in [0.25, 0.3) is 0 Å². The minimum Gasteiger partial charge on any atom is -0.247 e. The Morgan fingerprint density at radius 3 is 1.41 bits per heavy atom. The van der Waals surface area contributed by atoms with E-state index >= 15 is 0 Å². The van der Waals surface area contributed by atoms with Gasteiger partial charge in [0.05, 0.1) is 22.5 Å². The van der Waals surface area contributed by atoms with Crippen LogP contribution < -0.4 is 0 Å². The average Bonchev–Trinajstić information content (AvgIpc) is 3.25. The third-order valence-corrected chi connectivity index (χ3v) is 22.7. The highest BCUT2D eigenvalue weighted by molar-refractivity contribution is 6.91. The van der Waals surface area contributed by atoms with Gasteiger partial charge in [-0.2, -0.15) is 0 Å². The maximum Gasteiger partial charge on any atom is 0.146 e. The SMILES string of the molecule is CC(C)[Si](C#Cc1ccc(C#C[Si](C(C)C)(C(C)C)C(C)C)c2nc3c(nc12)Cc1ccccc1-3)(C(C)C)C(C)C. The number of nitrogens with zero attached hydrogens (tertiary/aromatic N) is 2. The number of benzene rings is 2. The molecule has 1 aliphatic carbocycles. The van der Waals surface area contributed by atoms with E-state index in [0.29, 0.717) is 33.2 Å². The largest absolute Gasteiger partial charge is 0.247 e. The molecule has 1 aliphatic rings. The van der Waals surface area contributed by atoms with Crippen molar-refractivity contribution in [2.24, 2.45) is 0 Å². The van der Waals surface area contributed by atoms with Crippen LogP contribution in [-0.4, -0.2) is 26.1 Å². The lowest BCUT2D eigenvalue weighted by molar-refractivity contribution is 0.838. The third-order valence-electron chi connectivity index (χ3n) is 10.1. The van der Waals surface area contributed by atoms with Crippen molar-refractivity contribution >= 4 is 27.2 Å². The van der Waals surface area contributed by atoms with E-state index in [1.807, 2.05) is 0 Å². The van der Waals surface area contributed by atoms with Crippen molar-refractivity contribution in [3.63, 3.8) is 0 Å². The van der Waals surface area contributed by atoms with E-state index in [2.05, 4.69) is 142 Å². The molecule has 1 aromatic heterocycles. The first-order chi connectivity index (χ1) is 19.3. The zero-order chi connectivity index (χ0) is 30.3. The Bertz CT molecular complexity index is 1510. The number of rotatable bonds is 6. The van der Waals surface area contributed by atoms with E-state index in [1.54, 1.807) is 0 Å². The summed E-state index contributed by atoms with van der Waals surface area (Å²) >= 11 is 0. The first-order valence-electron chi connectivity index (χ1n) is 15.7. The minimum absolute atomic E-state index is 0.579. The van der Waals surface area contributed by atoms with Crippen LogP contribution >= 0.6 is 0 Å². The Labute approximate surface area is 252 Å². The molecule has 0 radical (unpaired) electrons. The highest BCUT2D eigenvalue weighted by Crippen LogP contribution is 2.42. The zero-order valence-corrected chi connectivity index (χ0v) is 29.5. The fourth-order valence-electron chi connectivity index (χ4n) is 8.01. The van der Waals surface area contributed by atoms with Gasteiger partial charge < -0.3 is 0 Å². The summed E-state index contributed by atoms with van der Waals surface area (Å²) in [6.45, 7) is 28.4. The monoisotopic (exact) mass is 578 g/mol. The predicted molar refractivity (Wildman–Crippen MR) is 184 cm³/mol. The Morgan fingerprint density at radius 2 is 0.976 bits per heavy atom. The molecule has 0 spiro atoms. The van der Waals surface area contributed by atoms with Crippen LogP contribution in [-0.2, 0) is 6.42 Å². The molecule has 0 amide bonds. The molecule has 41 heavy (non-hydrogen) atoms. The summed E-state index contributed by atoms with van der Waals surface area (Å²) < 4.78 is 0. The summed E-state index contributed by atoms with van der Waals surface area (Å²) in [4.78, 5) is 10.6. The van der Waals surface area contributed by atoms with Gasteiger partial charge in [0.15, 0.2) is 0 Å². The molecule has 0 atom stereocenters. The van der Waals surface area contributed by atoms with Crippen LogP contribution in [0.5, 0.6) is 0 Å². The van der Waals surface area contributed by atoms with E-state index in [-0.39, 0.29) is 0 Å². The Balaban J connectivity index is 2.01. The summed E-state index contributed by atoms with van der Waals surface area (Å²) in [6.07, 6.45) is 0.823. The second kappa shape index (κ2) is 11.9. The van der Waals surface area contributed by atoms with Crippen LogP contribution in [0.3, 0.4) is 0 Å². The first-order valence-corrected chi connectivity index (χ1v) is 20.2. The zero-order valence-electron chi connectivity index (χ0n) is 27.5. The van der Waals surface area contributed by atoms with Gasteiger partial charge in [-0.25, -0.2) is 9.97 Å². The Hall–Kier alpha value is -2.67. The summed E-state index contributed by atoms with van der Waals surface area (Å²) in [7, 11) is -3.79. The number of aromatic nitrogens is 2. The van der Waals surface area contributed by atoms with Gasteiger partial charge in [0.2, 0.25) is 0 Å². The molecule has 0 N–H and O–H groups in total. The summed E-state index contributed by atoms with van der Waals surface area (Å²) in [6, 6.07) is 12.9. The summed E-state index contributed by atoms with van der Waals surface area (Å²) in [5, 5.41) is 0. The van der Waals surface area contributed by atoms with Gasteiger partial charge in [-0.05, 0) is 50.9 Å². The third kappa shape index (κ3) is 5.35. The quantitative estimate of drug-likeness (QED) is 0.168. The van der Waals surface area contributed by atoms with Gasteiger partial charge in [0, 0.05) is 12.0 Å². The van der Waals surface area contributed by atoms with Crippen LogP contribution in [0.1, 0.15) is 105 Å². The van der Waals surface area contributed by atoms with Crippen molar-refractivity contribution < 1.29 is 0 Å². The lowest BCUT2D eigenvalue weighted by Gasteiger charge is -2.38. The van der Waals surface area contributed by atoms with Crippen LogP contribution in [0.25, 0.3) is 22.3 Å². The normalized spacial score (nSPS) is 13.2. The molecule has 0 saturated heterocycles. The highest BCUT2D eigenvalue weighted by atomic mass is 28.3. The summed E-state index contributed by atoms with van der Waals surface area (Å²) in [5.41, 5.74) is 19.7.